The van der Waals surface area contributed by atoms with Crippen molar-refractivity contribution in [2.75, 3.05) is 6.54 Å². The number of nitrogens with one attached hydrogen (secondary N) is 1. The summed E-state index contributed by atoms with van der Waals surface area (Å²) in [5.74, 6) is 0. The molecule has 0 saturated heterocycles. The molecule has 2 heteroatoms. The van der Waals surface area contributed by atoms with Gasteiger partial charge in [0.1, 0.15) is 8.96 Å². The van der Waals surface area contributed by atoms with E-state index < -0.39 is 8.96 Å². The molecule has 0 radical (unpaired) electrons. The van der Waals surface area contributed by atoms with Crippen molar-refractivity contribution >= 4 is 8.96 Å². The third kappa shape index (κ3) is 10.2. The fourth-order valence-corrected chi connectivity index (χ4v) is 2.08. The Morgan fingerprint density at radius 3 is 2.08 bits per heavy atom. The van der Waals surface area contributed by atoms with Crippen LogP contribution in [0.1, 0.15) is 45.4 Å². The van der Waals surface area contributed by atoms with Crippen LogP contribution in [0, 0.1) is 0 Å². The molecule has 0 aliphatic carbocycles. The number of rotatable bonds is 8. The fraction of sp³-hybridized carbons (Fsp3) is 1.00. The van der Waals surface area contributed by atoms with Gasteiger partial charge in [-0.25, -0.2) is 0 Å². The summed E-state index contributed by atoms with van der Waals surface area (Å²) in [4.78, 5) is 3.58. The quantitative estimate of drug-likeness (QED) is 0.455. The van der Waals surface area contributed by atoms with Crippen LogP contribution < -0.4 is 4.98 Å². The third-order valence-corrected chi connectivity index (χ3v) is 3.19. The van der Waals surface area contributed by atoms with Gasteiger partial charge in [0.15, 0.2) is 0 Å². The van der Waals surface area contributed by atoms with Gasteiger partial charge in [-0.05, 0) is 13.0 Å². The first-order chi connectivity index (χ1) is 5.77. The summed E-state index contributed by atoms with van der Waals surface area (Å²) in [6.07, 6.45) is 8.47. The Morgan fingerprint density at radius 1 is 0.917 bits per heavy atom. The van der Waals surface area contributed by atoms with Crippen LogP contribution in [0.5, 0.6) is 0 Å². The van der Waals surface area contributed by atoms with Crippen molar-refractivity contribution < 1.29 is 0 Å². The molecular formula is C10H25NSi. The van der Waals surface area contributed by atoms with E-state index in [1.807, 2.05) is 0 Å². The van der Waals surface area contributed by atoms with Gasteiger partial charge in [0, 0.05) is 0 Å². The molecule has 0 amide bonds. The molecular weight excluding hydrogens is 162 g/mol. The largest absolute Gasteiger partial charge is 0.340 e. The summed E-state index contributed by atoms with van der Waals surface area (Å²) in [5.41, 5.74) is 0. The lowest BCUT2D eigenvalue weighted by molar-refractivity contribution is 0.604. The predicted octanol–water partition coefficient (Wildman–Crippen LogP) is 2.92. The number of unbranched alkanes of at least 4 members (excludes halogenated alkanes) is 5. The second-order valence-electron chi connectivity index (χ2n) is 3.88. The lowest BCUT2D eigenvalue weighted by atomic mass is 10.1. The minimum Gasteiger partial charge on any atom is -0.340 e. The van der Waals surface area contributed by atoms with Crippen LogP contribution in [0.3, 0.4) is 0 Å². The first-order valence-corrected chi connectivity index (χ1v) is 8.39. The van der Waals surface area contributed by atoms with Gasteiger partial charge < -0.3 is 4.98 Å². The number of hydrogen-bond acceptors (Lipinski definition) is 1. The standard InChI is InChI=1S/C10H25NSi/c1-4-5-6-7-8-9-10-11-12(2)3/h11-12H,4-10H2,1-3H3. The number of hydrogen-bond donors (Lipinski definition) is 1. The van der Waals surface area contributed by atoms with Crippen molar-refractivity contribution in [2.45, 2.75) is 58.5 Å². The van der Waals surface area contributed by atoms with Crippen LogP contribution in [-0.2, 0) is 0 Å². The molecule has 0 saturated carbocycles. The summed E-state index contributed by atoms with van der Waals surface area (Å²) in [7, 11) is -0.485. The molecule has 0 rings (SSSR count). The maximum atomic E-state index is 3.58. The van der Waals surface area contributed by atoms with Crippen LogP contribution in [0.2, 0.25) is 13.1 Å². The van der Waals surface area contributed by atoms with Gasteiger partial charge >= 0.3 is 0 Å². The Morgan fingerprint density at radius 2 is 1.50 bits per heavy atom. The summed E-state index contributed by atoms with van der Waals surface area (Å²) in [6.45, 7) is 8.22. The zero-order chi connectivity index (χ0) is 9.23. The molecule has 0 atom stereocenters. The molecule has 0 heterocycles. The Labute approximate surface area is 79.6 Å². The van der Waals surface area contributed by atoms with Crippen molar-refractivity contribution in [3.05, 3.63) is 0 Å². The molecule has 74 valence electrons. The van der Waals surface area contributed by atoms with Crippen molar-refractivity contribution in [3.8, 4) is 0 Å². The minimum atomic E-state index is -0.485. The van der Waals surface area contributed by atoms with E-state index >= 15 is 0 Å². The maximum Gasteiger partial charge on any atom is 0.102 e. The van der Waals surface area contributed by atoms with Gasteiger partial charge in [-0.15, -0.1) is 0 Å². The van der Waals surface area contributed by atoms with Crippen molar-refractivity contribution in [1.82, 2.24) is 4.98 Å². The molecule has 1 N–H and O–H groups in total. The van der Waals surface area contributed by atoms with Gasteiger partial charge in [0.2, 0.25) is 0 Å². The SMILES string of the molecule is CCCCCCCCN[SiH](C)C. The molecule has 0 fully saturated rings. The Balaban J connectivity index is 2.82. The van der Waals surface area contributed by atoms with Crippen LogP contribution in [0.15, 0.2) is 0 Å². The predicted molar refractivity (Wildman–Crippen MR) is 60.3 cm³/mol. The second-order valence-corrected chi connectivity index (χ2v) is 6.59. The maximum absolute atomic E-state index is 3.58. The summed E-state index contributed by atoms with van der Waals surface area (Å²) >= 11 is 0. The highest BCUT2D eigenvalue weighted by atomic mass is 28.3. The monoisotopic (exact) mass is 187 g/mol. The summed E-state index contributed by atoms with van der Waals surface area (Å²) in [5, 5.41) is 0. The molecule has 0 aliphatic rings. The molecule has 0 unspecified atom stereocenters. The van der Waals surface area contributed by atoms with Gasteiger partial charge in [-0.3, -0.25) is 0 Å². The summed E-state index contributed by atoms with van der Waals surface area (Å²) < 4.78 is 0. The van der Waals surface area contributed by atoms with E-state index in [9.17, 15) is 0 Å². The zero-order valence-electron chi connectivity index (χ0n) is 9.03. The van der Waals surface area contributed by atoms with E-state index in [2.05, 4.69) is 25.0 Å². The molecule has 0 aromatic carbocycles. The highest BCUT2D eigenvalue weighted by Crippen LogP contribution is 2.03. The van der Waals surface area contributed by atoms with Crippen molar-refractivity contribution in [3.63, 3.8) is 0 Å². The highest BCUT2D eigenvalue weighted by molar-refractivity contribution is 6.52. The molecule has 0 aliphatic heterocycles. The molecule has 1 nitrogen and oxygen atoms in total. The van der Waals surface area contributed by atoms with Crippen LogP contribution in [-0.4, -0.2) is 15.5 Å². The van der Waals surface area contributed by atoms with Gasteiger partial charge in [0.05, 0.1) is 0 Å². The average molecular weight is 187 g/mol. The van der Waals surface area contributed by atoms with E-state index in [-0.39, 0.29) is 0 Å². The third-order valence-electron chi connectivity index (χ3n) is 2.08. The molecule has 0 aromatic rings. The summed E-state index contributed by atoms with van der Waals surface area (Å²) in [6, 6.07) is 0. The fourth-order valence-electron chi connectivity index (χ4n) is 1.30. The van der Waals surface area contributed by atoms with Crippen molar-refractivity contribution in [2.24, 2.45) is 0 Å². The topological polar surface area (TPSA) is 12.0 Å². The van der Waals surface area contributed by atoms with Crippen molar-refractivity contribution in [1.29, 1.82) is 0 Å². The van der Waals surface area contributed by atoms with E-state index in [1.54, 1.807) is 0 Å². The van der Waals surface area contributed by atoms with E-state index in [0.29, 0.717) is 0 Å². The normalized spacial score (nSPS) is 11.0. The Kier molecular flexibility index (Phi) is 9.40. The first-order valence-electron chi connectivity index (χ1n) is 5.50. The van der Waals surface area contributed by atoms with E-state index in [4.69, 9.17) is 0 Å². The van der Waals surface area contributed by atoms with Gasteiger partial charge in [-0.1, -0.05) is 52.1 Å². The van der Waals surface area contributed by atoms with E-state index in [0.717, 1.165) is 0 Å². The molecule has 12 heavy (non-hydrogen) atoms. The Bertz CT molecular complexity index is 83.9. The molecule has 0 bridgehead atoms. The van der Waals surface area contributed by atoms with Crippen LogP contribution >= 0.6 is 0 Å². The van der Waals surface area contributed by atoms with Crippen LogP contribution in [0.4, 0.5) is 0 Å². The van der Waals surface area contributed by atoms with Gasteiger partial charge in [0.25, 0.3) is 0 Å². The second kappa shape index (κ2) is 9.27. The molecule has 0 spiro atoms. The highest BCUT2D eigenvalue weighted by Gasteiger charge is 1.93. The lowest BCUT2D eigenvalue weighted by Gasteiger charge is -2.05. The lowest BCUT2D eigenvalue weighted by Crippen LogP contribution is -2.27. The average Bonchev–Trinajstić information content (AvgIpc) is 2.02. The van der Waals surface area contributed by atoms with E-state index in [1.165, 1.54) is 45.1 Å². The van der Waals surface area contributed by atoms with Crippen LogP contribution in [0.25, 0.3) is 0 Å². The minimum absolute atomic E-state index is 0.485. The smallest absolute Gasteiger partial charge is 0.102 e. The Hall–Kier alpha value is 0.177. The zero-order valence-corrected chi connectivity index (χ0v) is 10.2. The molecule has 0 aromatic heterocycles. The van der Waals surface area contributed by atoms with Gasteiger partial charge in [-0.2, -0.15) is 0 Å². The first kappa shape index (κ1) is 12.2.